The maximum absolute atomic E-state index is 13.2. The van der Waals surface area contributed by atoms with Crippen LogP contribution in [-0.4, -0.2) is 26.7 Å². The molecular formula is C23H20N2O4S. The molecule has 0 spiro atoms. The highest BCUT2D eigenvalue weighted by Crippen LogP contribution is 2.32. The second kappa shape index (κ2) is 7.76. The molecule has 0 saturated carbocycles. The van der Waals surface area contributed by atoms with Crippen LogP contribution in [0.4, 0.5) is 11.4 Å². The molecule has 0 fully saturated rings. The fourth-order valence-corrected chi connectivity index (χ4v) is 5.02. The lowest BCUT2D eigenvalue weighted by Crippen LogP contribution is -2.29. The molecule has 3 aromatic carbocycles. The maximum atomic E-state index is 13.2. The Morgan fingerprint density at radius 1 is 0.900 bits per heavy atom. The van der Waals surface area contributed by atoms with E-state index in [9.17, 15) is 18.0 Å². The van der Waals surface area contributed by atoms with Crippen molar-refractivity contribution in [3.8, 4) is 0 Å². The second-order valence-electron chi connectivity index (χ2n) is 7.07. The average molecular weight is 420 g/mol. The normalized spacial score (nSPS) is 13.0. The number of Topliss-reactive ketones (excluding diaryl/α,β-unsaturated/α-hetero) is 1. The molecule has 1 aliphatic rings. The van der Waals surface area contributed by atoms with E-state index in [0.29, 0.717) is 29.9 Å². The lowest BCUT2D eigenvalue weighted by molar-refractivity contribution is 0.101. The van der Waals surface area contributed by atoms with E-state index in [1.54, 1.807) is 42.5 Å². The minimum atomic E-state index is -3.78. The zero-order valence-electron chi connectivity index (χ0n) is 16.3. The highest BCUT2D eigenvalue weighted by Gasteiger charge is 2.30. The summed E-state index contributed by atoms with van der Waals surface area (Å²) in [5.41, 5.74) is 2.97. The van der Waals surface area contributed by atoms with E-state index in [4.69, 9.17) is 0 Å². The largest absolute Gasteiger partial charge is 0.322 e. The Morgan fingerprint density at radius 3 is 2.37 bits per heavy atom. The Kier molecular flexibility index (Phi) is 5.13. The van der Waals surface area contributed by atoms with Crippen molar-refractivity contribution >= 4 is 33.1 Å². The summed E-state index contributed by atoms with van der Waals surface area (Å²) in [6.45, 7) is 1.85. The summed E-state index contributed by atoms with van der Waals surface area (Å²) in [5, 5.41) is 2.73. The molecule has 7 heteroatoms. The van der Waals surface area contributed by atoms with Crippen molar-refractivity contribution in [2.75, 3.05) is 16.2 Å². The molecule has 0 aliphatic carbocycles. The molecule has 1 amide bonds. The summed E-state index contributed by atoms with van der Waals surface area (Å²) in [6, 6.07) is 20.0. The number of sulfonamides is 1. The van der Waals surface area contributed by atoms with E-state index in [2.05, 4.69) is 5.32 Å². The van der Waals surface area contributed by atoms with Crippen LogP contribution >= 0.6 is 0 Å². The summed E-state index contributed by atoms with van der Waals surface area (Å²) in [7, 11) is -3.78. The van der Waals surface area contributed by atoms with Gasteiger partial charge >= 0.3 is 0 Å². The molecule has 0 unspecified atom stereocenters. The van der Waals surface area contributed by atoms with Gasteiger partial charge in [0.2, 0.25) is 0 Å². The number of hydrogen-bond donors (Lipinski definition) is 1. The van der Waals surface area contributed by atoms with Crippen molar-refractivity contribution in [3.05, 3.63) is 89.5 Å². The zero-order valence-corrected chi connectivity index (χ0v) is 17.1. The molecule has 152 valence electrons. The number of nitrogens with one attached hydrogen (secondary N) is 1. The van der Waals surface area contributed by atoms with Gasteiger partial charge in [-0.25, -0.2) is 8.42 Å². The van der Waals surface area contributed by atoms with E-state index < -0.39 is 15.9 Å². The summed E-state index contributed by atoms with van der Waals surface area (Å²) >= 11 is 0. The molecule has 30 heavy (non-hydrogen) atoms. The number of carbonyl (C=O) groups excluding carboxylic acids is 2. The smallest absolute Gasteiger partial charge is 0.264 e. The van der Waals surface area contributed by atoms with Crippen molar-refractivity contribution in [1.29, 1.82) is 0 Å². The van der Waals surface area contributed by atoms with Crippen LogP contribution in [0.5, 0.6) is 0 Å². The molecule has 0 radical (unpaired) electrons. The molecule has 0 atom stereocenters. The number of carbonyl (C=O) groups is 2. The number of benzene rings is 3. The third kappa shape index (κ3) is 3.71. The van der Waals surface area contributed by atoms with Crippen molar-refractivity contribution in [1.82, 2.24) is 0 Å². The van der Waals surface area contributed by atoms with Crippen LogP contribution in [0.2, 0.25) is 0 Å². The lowest BCUT2D eigenvalue weighted by Gasteiger charge is -2.20. The first-order valence-electron chi connectivity index (χ1n) is 9.49. The topological polar surface area (TPSA) is 83.5 Å². The quantitative estimate of drug-likeness (QED) is 0.635. The molecule has 0 bridgehead atoms. The van der Waals surface area contributed by atoms with E-state index in [0.717, 1.165) is 5.56 Å². The number of hydrogen-bond acceptors (Lipinski definition) is 4. The number of anilines is 2. The first-order valence-corrected chi connectivity index (χ1v) is 10.9. The average Bonchev–Trinajstić information content (AvgIpc) is 3.19. The minimum absolute atomic E-state index is 0.0609. The standard InChI is InChI=1S/C23H20N2O4S/c1-16(26)17-9-11-20(12-10-17)24-23(27)19-6-4-7-21(15-19)30(28,29)25-14-13-18-5-2-3-8-22(18)25/h2-12,15H,13-14H2,1H3,(H,24,27). The zero-order chi connectivity index (χ0) is 21.3. The fraction of sp³-hybridized carbons (Fsp3) is 0.130. The molecule has 0 saturated heterocycles. The van der Waals surface area contributed by atoms with Gasteiger partial charge in [0.15, 0.2) is 5.78 Å². The molecule has 4 rings (SSSR count). The first kappa shape index (κ1) is 19.8. The first-order chi connectivity index (χ1) is 14.4. The Bertz CT molecular complexity index is 1230. The Labute approximate surface area is 175 Å². The number of nitrogens with zero attached hydrogens (tertiary/aromatic N) is 1. The van der Waals surface area contributed by atoms with Gasteiger partial charge in [0, 0.05) is 23.4 Å². The van der Waals surface area contributed by atoms with Gasteiger partial charge in [-0.1, -0.05) is 24.3 Å². The van der Waals surface area contributed by atoms with Crippen molar-refractivity contribution in [2.45, 2.75) is 18.2 Å². The monoisotopic (exact) mass is 420 g/mol. The maximum Gasteiger partial charge on any atom is 0.264 e. The van der Waals surface area contributed by atoms with Crippen LogP contribution in [0.3, 0.4) is 0 Å². The van der Waals surface area contributed by atoms with Crippen LogP contribution in [0, 0.1) is 0 Å². The summed E-state index contributed by atoms with van der Waals surface area (Å²) < 4.78 is 27.8. The predicted molar refractivity (Wildman–Crippen MR) is 116 cm³/mol. The summed E-state index contributed by atoms with van der Waals surface area (Å²) in [6.07, 6.45) is 0.659. The van der Waals surface area contributed by atoms with Gasteiger partial charge < -0.3 is 5.32 Å². The Hall–Kier alpha value is -3.45. The molecule has 1 aliphatic heterocycles. The lowest BCUT2D eigenvalue weighted by atomic mass is 10.1. The molecule has 0 aromatic heterocycles. The van der Waals surface area contributed by atoms with Gasteiger partial charge in [-0.3, -0.25) is 13.9 Å². The molecule has 1 N–H and O–H groups in total. The van der Waals surface area contributed by atoms with Crippen molar-refractivity contribution in [3.63, 3.8) is 0 Å². The number of para-hydroxylation sites is 1. The Balaban J connectivity index is 1.58. The number of amides is 1. The minimum Gasteiger partial charge on any atom is -0.322 e. The third-order valence-corrected chi connectivity index (χ3v) is 6.89. The highest BCUT2D eigenvalue weighted by atomic mass is 32.2. The highest BCUT2D eigenvalue weighted by molar-refractivity contribution is 7.92. The molecule has 1 heterocycles. The Morgan fingerprint density at radius 2 is 1.63 bits per heavy atom. The fourth-order valence-electron chi connectivity index (χ4n) is 3.47. The van der Waals surface area contributed by atoms with E-state index in [1.807, 2.05) is 18.2 Å². The van der Waals surface area contributed by atoms with E-state index >= 15 is 0 Å². The molecule has 3 aromatic rings. The van der Waals surface area contributed by atoms with Gasteiger partial charge in [0.1, 0.15) is 0 Å². The van der Waals surface area contributed by atoms with Crippen LogP contribution in [-0.2, 0) is 16.4 Å². The van der Waals surface area contributed by atoms with Gasteiger partial charge in [-0.05, 0) is 67.4 Å². The number of fused-ring (bicyclic) bond motifs is 1. The van der Waals surface area contributed by atoms with Gasteiger partial charge in [-0.2, -0.15) is 0 Å². The third-order valence-electron chi connectivity index (χ3n) is 5.08. The number of ketones is 1. The van der Waals surface area contributed by atoms with Crippen molar-refractivity contribution in [2.24, 2.45) is 0 Å². The van der Waals surface area contributed by atoms with E-state index in [-0.39, 0.29) is 16.2 Å². The van der Waals surface area contributed by atoms with Crippen LogP contribution in [0.25, 0.3) is 0 Å². The van der Waals surface area contributed by atoms with Crippen LogP contribution < -0.4 is 9.62 Å². The molecular weight excluding hydrogens is 400 g/mol. The van der Waals surface area contributed by atoms with Crippen molar-refractivity contribution < 1.29 is 18.0 Å². The van der Waals surface area contributed by atoms with Crippen LogP contribution in [0.15, 0.2) is 77.7 Å². The summed E-state index contributed by atoms with van der Waals surface area (Å²) in [5.74, 6) is -0.487. The van der Waals surface area contributed by atoms with Gasteiger partial charge in [0.05, 0.1) is 10.6 Å². The summed E-state index contributed by atoms with van der Waals surface area (Å²) in [4.78, 5) is 24.1. The van der Waals surface area contributed by atoms with E-state index in [1.165, 1.54) is 23.4 Å². The van der Waals surface area contributed by atoms with Gasteiger partial charge in [-0.15, -0.1) is 0 Å². The van der Waals surface area contributed by atoms with Gasteiger partial charge in [0.25, 0.3) is 15.9 Å². The second-order valence-corrected chi connectivity index (χ2v) is 8.93. The molecule has 6 nitrogen and oxygen atoms in total. The SMILES string of the molecule is CC(=O)c1ccc(NC(=O)c2cccc(S(=O)(=O)N3CCc4ccccc43)c2)cc1. The van der Waals surface area contributed by atoms with Crippen LogP contribution in [0.1, 0.15) is 33.2 Å². The number of rotatable bonds is 5. The predicted octanol–water partition coefficient (Wildman–Crippen LogP) is 3.89.